The molecule has 0 aromatic heterocycles. The molecule has 1 amide bonds. The Morgan fingerprint density at radius 3 is 2.07 bits per heavy atom. The van der Waals surface area contributed by atoms with Gasteiger partial charge in [-0.2, -0.15) is 0 Å². The summed E-state index contributed by atoms with van der Waals surface area (Å²) < 4.78 is 14.7. The van der Waals surface area contributed by atoms with Gasteiger partial charge in [-0.25, -0.2) is 4.79 Å². The third-order valence-electron chi connectivity index (χ3n) is 1.59. The van der Waals surface area contributed by atoms with Crippen LogP contribution in [0, 0.1) is 0 Å². The molecular formula is C9H11NO4. The molecule has 5 nitrogen and oxygen atoms in total. The highest BCUT2D eigenvalue weighted by Crippen LogP contribution is 2.36. The first-order chi connectivity index (χ1) is 6.69. The van der Waals surface area contributed by atoms with Crippen LogP contribution in [0.1, 0.15) is 0 Å². The Bertz CT molecular complexity index is 315. The summed E-state index contributed by atoms with van der Waals surface area (Å²) in [4.78, 5) is 10.6. The third kappa shape index (κ3) is 2.07. The average molecular weight is 197 g/mol. The maximum absolute atomic E-state index is 10.6. The van der Waals surface area contributed by atoms with Crippen LogP contribution < -0.4 is 19.9 Å². The lowest BCUT2D eigenvalue weighted by atomic mass is 10.3. The fraction of sp³-hybridized carbons (Fsp3) is 0.222. The van der Waals surface area contributed by atoms with Crippen molar-refractivity contribution in [3.63, 3.8) is 0 Å². The van der Waals surface area contributed by atoms with Crippen molar-refractivity contribution >= 4 is 6.09 Å². The SMILES string of the molecule is COc1cccc(OC)c1OC(N)=O. The van der Waals surface area contributed by atoms with E-state index < -0.39 is 6.09 Å². The highest BCUT2D eigenvalue weighted by molar-refractivity contribution is 5.71. The smallest absolute Gasteiger partial charge is 0.410 e. The van der Waals surface area contributed by atoms with Crippen LogP contribution >= 0.6 is 0 Å². The third-order valence-corrected chi connectivity index (χ3v) is 1.59. The van der Waals surface area contributed by atoms with E-state index in [9.17, 15) is 4.79 Å². The summed E-state index contributed by atoms with van der Waals surface area (Å²) >= 11 is 0. The predicted molar refractivity (Wildman–Crippen MR) is 49.8 cm³/mol. The zero-order valence-corrected chi connectivity index (χ0v) is 7.94. The summed E-state index contributed by atoms with van der Waals surface area (Å²) in [6.07, 6.45) is -0.909. The second-order valence-corrected chi connectivity index (χ2v) is 2.41. The van der Waals surface area contributed by atoms with Crippen molar-refractivity contribution in [1.82, 2.24) is 0 Å². The average Bonchev–Trinajstić information content (AvgIpc) is 2.17. The first kappa shape index (κ1) is 10.2. The van der Waals surface area contributed by atoms with E-state index in [4.69, 9.17) is 19.9 Å². The minimum absolute atomic E-state index is 0.185. The van der Waals surface area contributed by atoms with Crippen LogP contribution in [0.25, 0.3) is 0 Å². The molecule has 0 aliphatic rings. The van der Waals surface area contributed by atoms with Gasteiger partial charge >= 0.3 is 6.09 Å². The standard InChI is InChI=1S/C9H11NO4/c1-12-6-4-3-5-7(13-2)8(6)14-9(10)11/h3-5H,1-2H3,(H2,10,11). The monoisotopic (exact) mass is 197 g/mol. The summed E-state index contributed by atoms with van der Waals surface area (Å²) in [6.45, 7) is 0. The molecule has 1 aromatic carbocycles. The number of hydrogen-bond acceptors (Lipinski definition) is 4. The van der Waals surface area contributed by atoms with Crippen molar-refractivity contribution < 1.29 is 19.0 Å². The van der Waals surface area contributed by atoms with Gasteiger partial charge in [-0.3, -0.25) is 0 Å². The molecule has 0 unspecified atom stereocenters. The van der Waals surface area contributed by atoms with Crippen molar-refractivity contribution in [3.05, 3.63) is 18.2 Å². The number of methoxy groups -OCH3 is 2. The molecular weight excluding hydrogens is 186 g/mol. The van der Waals surface area contributed by atoms with E-state index in [-0.39, 0.29) is 5.75 Å². The van der Waals surface area contributed by atoms with E-state index in [1.165, 1.54) is 14.2 Å². The van der Waals surface area contributed by atoms with E-state index >= 15 is 0 Å². The predicted octanol–water partition coefficient (Wildman–Crippen LogP) is 1.16. The van der Waals surface area contributed by atoms with Crippen LogP contribution in [-0.2, 0) is 0 Å². The molecule has 14 heavy (non-hydrogen) atoms. The lowest BCUT2D eigenvalue weighted by Gasteiger charge is -2.10. The first-order valence-corrected chi connectivity index (χ1v) is 3.87. The second-order valence-electron chi connectivity index (χ2n) is 2.41. The molecule has 0 atom stereocenters. The van der Waals surface area contributed by atoms with E-state index in [1.807, 2.05) is 0 Å². The summed E-state index contributed by atoms with van der Waals surface area (Å²) in [5, 5.41) is 0. The zero-order chi connectivity index (χ0) is 10.6. The first-order valence-electron chi connectivity index (χ1n) is 3.87. The number of carbonyl (C=O) groups is 1. The van der Waals surface area contributed by atoms with Crippen LogP contribution in [0.2, 0.25) is 0 Å². The number of ether oxygens (including phenoxy) is 3. The molecule has 0 radical (unpaired) electrons. The Kier molecular flexibility index (Phi) is 3.17. The summed E-state index contributed by atoms with van der Waals surface area (Å²) in [7, 11) is 2.92. The van der Waals surface area contributed by atoms with Gasteiger partial charge in [-0.1, -0.05) is 6.07 Å². The molecule has 2 N–H and O–H groups in total. The van der Waals surface area contributed by atoms with Crippen LogP contribution in [0.4, 0.5) is 4.79 Å². The molecule has 0 aliphatic heterocycles. The number of primary amides is 1. The Balaban J connectivity index is 3.12. The van der Waals surface area contributed by atoms with E-state index in [0.29, 0.717) is 11.5 Å². The molecule has 0 saturated carbocycles. The lowest BCUT2D eigenvalue weighted by Crippen LogP contribution is -2.17. The van der Waals surface area contributed by atoms with Crippen LogP contribution in [-0.4, -0.2) is 20.3 Å². The Hall–Kier alpha value is -1.91. The molecule has 0 bridgehead atoms. The Labute approximate surface area is 81.4 Å². The zero-order valence-electron chi connectivity index (χ0n) is 7.94. The summed E-state index contributed by atoms with van der Waals surface area (Å²) in [5.74, 6) is 0.969. The van der Waals surface area contributed by atoms with Gasteiger partial charge in [0.2, 0.25) is 5.75 Å². The molecule has 0 fully saturated rings. The number of carbonyl (C=O) groups excluding carboxylic acids is 1. The number of amides is 1. The van der Waals surface area contributed by atoms with Crippen LogP contribution in [0.3, 0.4) is 0 Å². The minimum atomic E-state index is -0.909. The van der Waals surface area contributed by atoms with Gasteiger partial charge in [0.15, 0.2) is 11.5 Å². The quantitative estimate of drug-likeness (QED) is 0.789. The molecule has 1 aromatic rings. The molecule has 5 heteroatoms. The van der Waals surface area contributed by atoms with Crippen molar-refractivity contribution in [1.29, 1.82) is 0 Å². The minimum Gasteiger partial charge on any atom is -0.493 e. The normalized spacial score (nSPS) is 9.29. The number of nitrogens with two attached hydrogens (primary N) is 1. The Morgan fingerprint density at radius 1 is 1.21 bits per heavy atom. The molecule has 0 heterocycles. The molecule has 0 spiro atoms. The van der Waals surface area contributed by atoms with Gasteiger partial charge in [0.05, 0.1) is 14.2 Å². The molecule has 1 rings (SSSR count). The van der Waals surface area contributed by atoms with Crippen LogP contribution in [0.15, 0.2) is 18.2 Å². The molecule has 76 valence electrons. The lowest BCUT2D eigenvalue weighted by molar-refractivity contribution is 0.206. The highest BCUT2D eigenvalue weighted by atomic mass is 16.6. The van der Waals surface area contributed by atoms with Gasteiger partial charge < -0.3 is 19.9 Å². The maximum Gasteiger partial charge on any atom is 0.410 e. The van der Waals surface area contributed by atoms with E-state index in [2.05, 4.69) is 0 Å². The number of benzene rings is 1. The fourth-order valence-electron chi connectivity index (χ4n) is 1.02. The van der Waals surface area contributed by atoms with Crippen LogP contribution in [0.5, 0.6) is 17.2 Å². The number of hydrogen-bond donors (Lipinski definition) is 1. The Morgan fingerprint density at radius 2 is 1.71 bits per heavy atom. The van der Waals surface area contributed by atoms with Gasteiger partial charge in [0.1, 0.15) is 0 Å². The topological polar surface area (TPSA) is 70.8 Å². The van der Waals surface area contributed by atoms with Gasteiger partial charge in [-0.15, -0.1) is 0 Å². The summed E-state index contributed by atoms with van der Waals surface area (Å²) in [6, 6.07) is 4.99. The van der Waals surface area contributed by atoms with Crippen molar-refractivity contribution in [2.75, 3.05) is 14.2 Å². The van der Waals surface area contributed by atoms with Gasteiger partial charge in [0, 0.05) is 0 Å². The van der Waals surface area contributed by atoms with Gasteiger partial charge in [0.25, 0.3) is 0 Å². The maximum atomic E-state index is 10.6. The van der Waals surface area contributed by atoms with Crippen molar-refractivity contribution in [2.24, 2.45) is 5.73 Å². The highest BCUT2D eigenvalue weighted by Gasteiger charge is 2.13. The number of rotatable bonds is 3. The molecule has 0 saturated heterocycles. The summed E-state index contributed by atoms with van der Waals surface area (Å²) in [5.41, 5.74) is 4.90. The second kappa shape index (κ2) is 4.36. The van der Waals surface area contributed by atoms with E-state index in [0.717, 1.165) is 0 Å². The molecule has 0 aliphatic carbocycles. The van der Waals surface area contributed by atoms with E-state index in [1.54, 1.807) is 18.2 Å². The number of para-hydroxylation sites is 1. The fourth-order valence-corrected chi connectivity index (χ4v) is 1.02. The van der Waals surface area contributed by atoms with Crippen molar-refractivity contribution in [3.8, 4) is 17.2 Å². The van der Waals surface area contributed by atoms with Gasteiger partial charge in [-0.05, 0) is 12.1 Å². The largest absolute Gasteiger partial charge is 0.493 e. The van der Waals surface area contributed by atoms with Crippen molar-refractivity contribution in [2.45, 2.75) is 0 Å².